The third-order valence-corrected chi connectivity index (χ3v) is 3.31. The van der Waals surface area contributed by atoms with Crippen LogP contribution in [0.25, 0.3) is 0 Å². The van der Waals surface area contributed by atoms with Crippen molar-refractivity contribution in [3.63, 3.8) is 0 Å². The van der Waals surface area contributed by atoms with Gasteiger partial charge in [-0.05, 0) is 36.0 Å². The second kappa shape index (κ2) is 6.89. The lowest BCUT2D eigenvalue weighted by Crippen LogP contribution is -2.37. The van der Waals surface area contributed by atoms with Crippen molar-refractivity contribution in [1.82, 2.24) is 5.32 Å². The summed E-state index contributed by atoms with van der Waals surface area (Å²) in [5, 5.41) is 3.51. The molecule has 102 valence electrons. The first-order valence-electron chi connectivity index (χ1n) is 6.93. The molecule has 0 aromatic heterocycles. The van der Waals surface area contributed by atoms with E-state index in [1.807, 2.05) is 6.07 Å². The van der Waals surface area contributed by atoms with E-state index < -0.39 is 0 Å². The molecule has 0 amide bonds. The zero-order valence-electron chi connectivity index (χ0n) is 12.1. The maximum absolute atomic E-state index is 13.2. The lowest BCUT2D eigenvalue weighted by molar-refractivity contribution is 0.267. The summed E-state index contributed by atoms with van der Waals surface area (Å²) in [4.78, 5) is 0. The predicted molar refractivity (Wildman–Crippen MR) is 76.3 cm³/mol. The highest BCUT2D eigenvalue weighted by Crippen LogP contribution is 2.28. The predicted octanol–water partition coefficient (Wildman–Crippen LogP) is 4.17. The number of nitrogens with one attached hydrogen (secondary N) is 1. The fraction of sp³-hybridized carbons (Fsp3) is 0.625. The van der Waals surface area contributed by atoms with Crippen LogP contribution in [0.2, 0.25) is 0 Å². The average molecular weight is 251 g/mol. The van der Waals surface area contributed by atoms with E-state index in [1.165, 1.54) is 6.07 Å². The van der Waals surface area contributed by atoms with Gasteiger partial charge in [0.2, 0.25) is 0 Å². The molecule has 18 heavy (non-hydrogen) atoms. The molecule has 0 saturated carbocycles. The molecule has 1 rings (SSSR count). The molecule has 0 spiro atoms. The smallest absolute Gasteiger partial charge is 0.123 e. The Kier molecular flexibility index (Phi) is 5.80. The van der Waals surface area contributed by atoms with Gasteiger partial charge in [0, 0.05) is 12.6 Å². The number of rotatable bonds is 7. The van der Waals surface area contributed by atoms with Crippen molar-refractivity contribution in [2.75, 3.05) is 6.54 Å². The molecule has 1 unspecified atom stereocenters. The van der Waals surface area contributed by atoms with E-state index in [0.29, 0.717) is 6.04 Å². The second-order valence-corrected chi connectivity index (χ2v) is 5.90. The second-order valence-electron chi connectivity index (χ2n) is 5.90. The Morgan fingerprint density at radius 2 is 2.06 bits per heavy atom. The summed E-state index contributed by atoms with van der Waals surface area (Å²) >= 11 is 0. The molecule has 0 radical (unpaired) electrons. The number of hydrogen-bond acceptors (Lipinski definition) is 1. The van der Waals surface area contributed by atoms with Crippen LogP contribution in [0.15, 0.2) is 24.3 Å². The lowest BCUT2D eigenvalue weighted by atomic mass is 9.79. The number of halogens is 1. The highest BCUT2D eigenvalue weighted by molar-refractivity contribution is 5.18. The van der Waals surface area contributed by atoms with Crippen molar-refractivity contribution in [2.24, 2.45) is 5.41 Å². The van der Waals surface area contributed by atoms with E-state index >= 15 is 0 Å². The Bertz CT molecular complexity index is 362. The maximum atomic E-state index is 13.2. The molecule has 1 nitrogen and oxygen atoms in total. The largest absolute Gasteiger partial charge is 0.314 e. The minimum atomic E-state index is -0.136. The van der Waals surface area contributed by atoms with Crippen molar-refractivity contribution in [3.05, 3.63) is 35.6 Å². The Morgan fingerprint density at radius 1 is 1.33 bits per heavy atom. The van der Waals surface area contributed by atoms with Crippen LogP contribution < -0.4 is 5.32 Å². The van der Waals surface area contributed by atoms with Crippen LogP contribution in [-0.4, -0.2) is 12.6 Å². The molecular weight excluding hydrogens is 225 g/mol. The van der Waals surface area contributed by atoms with Crippen molar-refractivity contribution in [3.8, 4) is 0 Å². The van der Waals surface area contributed by atoms with Gasteiger partial charge in [0.15, 0.2) is 0 Å². The molecule has 1 aromatic carbocycles. The van der Waals surface area contributed by atoms with Gasteiger partial charge in [-0.3, -0.25) is 0 Å². The lowest BCUT2D eigenvalue weighted by Gasteiger charge is -2.31. The molecule has 1 aromatic rings. The maximum Gasteiger partial charge on any atom is 0.123 e. The zero-order valence-corrected chi connectivity index (χ0v) is 12.1. The quantitative estimate of drug-likeness (QED) is 0.767. The molecule has 1 N–H and O–H groups in total. The van der Waals surface area contributed by atoms with Gasteiger partial charge in [-0.25, -0.2) is 4.39 Å². The molecule has 0 aliphatic rings. The summed E-state index contributed by atoms with van der Waals surface area (Å²) < 4.78 is 13.2. The van der Waals surface area contributed by atoms with Gasteiger partial charge in [-0.15, -0.1) is 0 Å². The van der Waals surface area contributed by atoms with Crippen LogP contribution in [0.4, 0.5) is 4.39 Å². The van der Waals surface area contributed by atoms with Gasteiger partial charge in [0.1, 0.15) is 5.82 Å². The van der Waals surface area contributed by atoms with Crippen molar-refractivity contribution in [1.29, 1.82) is 0 Å². The van der Waals surface area contributed by atoms with E-state index in [9.17, 15) is 4.39 Å². The minimum Gasteiger partial charge on any atom is -0.314 e. The van der Waals surface area contributed by atoms with Crippen molar-refractivity contribution < 1.29 is 4.39 Å². The average Bonchev–Trinajstić information content (AvgIpc) is 2.27. The summed E-state index contributed by atoms with van der Waals surface area (Å²) in [6, 6.07) is 7.48. The first kappa shape index (κ1) is 15.2. The monoisotopic (exact) mass is 251 g/mol. The van der Waals surface area contributed by atoms with Crippen LogP contribution in [0, 0.1) is 11.2 Å². The summed E-state index contributed by atoms with van der Waals surface area (Å²) in [5.41, 5.74) is 1.30. The highest BCUT2D eigenvalue weighted by Gasteiger charge is 2.23. The Balaban J connectivity index is 2.71. The van der Waals surface area contributed by atoms with E-state index in [0.717, 1.165) is 31.4 Å². The fourth-order valence-corrected chi connectivity index (χ4v) is 2.43. The first-order chi connectivity index (χ1) is 8.45. The van der Waals surface area contributed by atoms with Gasteiger partial charge in [0.05, 0.1) is 0 Å². The van der Waals surface area contributed by atoms with E-state index in [4.69, 9.17) is 0 Å². The molecule has 0 fully saturated rings. The highest BCUT2D eigenvalue weighted by atomic mass is 19.1. The van der Waals surface area contributed by atoms with Crippen LogP contribution in [0.3, 0.4) is 0 Å². The third kappa shape index (κ3) is 5.18. The van der Waals surface area contributed by atoms with E-state index in [-0.39, 0.29) is 11.2 Å². The normalized spacial score (nSPS) is 14.8. The van der Waals surface area contributed by atoms with Gasteiger partial charge in [-0.2, -0.15) is 0 Å². The molecule has 1 atom stereocenters. The van der Waals surface area contributed by atoms with E-state index in [2.05, 4.69) is 33.0 Å². The Labute approximate surface area is 111 Å². The molecular formula is C16H26FN. The summed E-state index contributed by atoms with van der Waals surface area (Å²) in [7, 11) is 0. The fourth-order valence-electron chi connectivity index (χ4n) is 2.43. The topological polar surface area (TPSA) is 12.0 Å². The number of hydrogen-bond donors (Lipinski definition) is 1. The first-order valence-corrected chi connectivity index (χ1v) is 6.93. The van der Waals surface area contributed by atoms with Crippen LogP contribution in [0.1, 0.15) is 46.1 Å². The van der Waals surface area contributed by atoms with E-state index in [1.54, 1.807) is 12.1 Å². The van der Waals surface area contributed by atoms with Gasteiger partial charge in [0.25, 0.3) is 0 Å². The molecule has 0 aliphatic heterocycles. The van der Waals surface area contributed by atoms with Gasteiger partial charge in [-0.1, -0.05) is 46.2 Å². The van der Waals surface area contributed by atoms with Crippen LogP contribution in [-0.2, 0) is 6.42 Å². The summed E-state index contributed by atoms with van der Waals surface area (Å²) in [6.45, 7) is 9.80. The van der Waals surface area contributed by atoms with Crippen molar-refractivity contribution >= 4 is 0 Å². The zero-order chi connectivity index (χ0) is 13.6. The van der Waals surface area contributed by atoms with Crippen molar-refractivity contribution in [2.45, 2.75) is 53.0 Å². The molecule has 0 aliphatic carbocycles. The summed E-state index contributed by atoms with van der Waals surface area (Å²) in [5.74, 6) is -0.136. The molecule has 2 heteroatoms. The standard InChI is InChI=1S/C16H26FN/c1-5-9-16(4,12-18-13(2)3)11-14-7-6-8-15(17)10-14/h6-8,10,13,18H,5,9,11-12H2,1-4H3. The number of benzene rings is 1. The van der Waals surface area contributed by atoms with Crippen LogP contribution in [0.5, 0.6) is 0 Å². The van der Waals surface area contributed by atoms with Crippen LogP contribution >= 0.6 is 0 Å². The Hall–Kier alpha value is -0.890. The molecule has 0 saturated heterocycles. The molecule has 0 heterocycles. The third-order valence-electron chi connectivity index (χ3n) is 3.31. The Morgan fingerprint density at radius 3 is 2.61 bits per heavy atom. The van der Waals surface area contributed by atoms with Gasteiger partial charge < -0.3 is 5.32 Å². The molecule has 0 bridgehead atoms. The van der Waals surface area contributed by atoms with Gasteiger partial charge >= 0.3 is 0 Å². The summed E-state index contributed by atoms with van der Waals surface area (Å²) in [6.07, 6.45) is 3.24. The minimum absolute atomic E-state index is 0.136. The SMILES string of the molecule is CCCC(C)(CNC(C)C)Cc1cccc(F)c1.